The SMILES string of the molecule is CCCCn1c(=O)[nH]c(=O)c2c1nc(COC(=O)c1ccccc1S(=O)(=O)CC)n2C. The summed E-state index contributed by atoms with van der Waals surface area (Å²) in [5.74, 6) is -0.724. The molecule has 1 aromatic carbocycles. The maximum absolute atomic E-state index is 12.6. The molecule has 0 amide bonds. The molecular weight excluding hydrogens is 424 g/mol. The highest BCUT2D eigenvalue weighted by Crippen LogP contribution is 2.19. The van der Waals surface area contributed by atoms with Crippen molar-refractivity contribution >= 4 is 27.0 Å². The van der Waals surface area contributed by atoms with E-state index in [-0.39, 0.29) is 39.8 Å². The molecule has 0 radical (unpaired) electrons. The van der Waals surface area contributed by atoms with E-state index in [1.165, 1.54) is 34.3 Å². The molecule has 0 aliphatic heterocycles. The van der Waals surface area contributed by atoms with E-state index in [0.29, 0.717) is 6.54 Å². The molecule has 0 bridgehead atoms. The minimum absolute atomic E-state index is 0.0687. The van der Waals surface area contributed by atoms with Crippen molar-refractivity contribution in [2.75, 3.05) is 5.75 Å². The van der Waals surface area contributed by atoms with Crippen molar-refractivity contribution < 1.29 is 17.9 Å². The monoisotopic (exact) mass is 448 g/mol. The van der Waals surface area contributed by atoms with E-state index in [0.717, 1.165) is 12.8 Å². The quantitative estimate of drug-likeness (QED) is 0.515. The lowest BCUT2D eigenvalue weighted by Crippen LogP contribution is -2.31. The summed E-state index contributed by atoms with van der Waals surface area (Å²) in [4.78, 5) is 43.7. The maximum atomic E-state index is 12.6. The number of benzene rings is 1. The van der Waals surface area contributed by atoms with E-state index in [1.54, 1.807) is 13.1 Å². The summed E-state index contributed by atoms with van der Waals surface area (Å²) in [6.45, 7) is 3.56. The lowest BCUT2D eigenvalue weighted by molar-refractivity contribution is 0.0455. The smallest absolute Gasteiger partial charge is 0.339 e. The number of unbranched alkanes of at least 4 members (excludes halogenated alkanes) is 1. The molecule has 3 aromatic rings. The summed E-state index contributed by atoms with van der Waals surface area (Å²) in [7, 11) is -2.03. The van der Waals surface area contributed by atoms with Crippen LogP contribution < -0.4 is 11.2 Å². The fraction of sp³-hybridized carbons (Fsp3) is 0.400. The van der Waals surface area contributed by atoms with Crippen LogP contribution in [0, 0.1) is 0 Å². The number of H-pyrrole nitrogens is 1. The third-order valence-electron chi connectivity index (χ3n) is 5.00. The number of hydrogen-bond donors (Lipinski definition) is 1. The second kappa shape index (κ2) is 8.88. The van der Waals surface area contributed by atoms with Gasteiger partial charge in [0, 0.05) is 13.6 Å². The number of hydrogen-bond acceptors (Lipinski definition) is 7. The molecule has 10 nitrogen and oxygen atoms in total. The van der Waals surface area contributed by atoms with E-state index in [2.05, 4.69) is 9.97 Å². The highest BCUT2D eigenvalue weighted by Gasteiger charge is 2.23. The van der Waals surface area contributed by atoms with E-state index >= 15 is 0 Å². The Balaban J connectivity index is 1.95. The lowest BCUT2D eigenvalue weighted by atomic mass is 10.2. The Labute approximate surface area is 178 Å². The predicted molar refractivity (Wildman–Crippen MR) is 114 cm³/mol. The molecule has 0 fully saturated rings. The number of nitrogens with one attached hydrogen (secondary N) is 1. The maximum Gasteiger partial charge on any atom is 0.339 e. The van der Waals surface area contributed by atoms with Crippen molar-refractivity contribution in [1.82, 2.24) is 19.1 Å². The number of aryl methyl sites for hydroxylation is 2. The number of ether oxygens (including phenoxy) is 1. The fourth-order valence-electron chi connectivity index (χ4n) is 3.21. The number of carbonyl (C=O) groups excluding carboxylic acids is 1. The molecular formula is C20H24N4O6S. The minimum atomic E-state index is -3.62. The molecule has 1 N–H and O–H groups in total. The molecule has 166 valence electrons. The molecule has 0 atom stereocenters. The minimum Gasteiger partial charge on any atom is -0.454 e. The van der Waals surface area contributed by atoms with Crippen molar-refractivity contribution in [3.8, 4) is 0 Å². The van der Waals surface area contributed by atoms with Gasteiger partial charge in [-0.25, -0.2) is 23.0 Å². The van der Waals surface area contributed by atoms with Gasteiger partial charge in [0.25, 0.3) is 5.56 Å². The summed E-state index contributed by atoms with van der Waals surface area (Å²) in [5.41, 5.74) is -0.799. The Kier molecular flexibility index (Phi) is 6.44. The molecule has 0 spiro atoms. The Morgan fingerprint density at radius 3 is 2.58 bits per heavy atom. The van der Waals surface area contributed by atoms with Gasteiger partial charge in [-0.2, -0.15) is 0 Å². The number of nitrogens with zero attached hydrogens (tertiary/aromatic N) is 3. The van der Waals surface area contributed by atoms with Gasteiger partial charge in [0.05, 0.1) is 16.2 Å². The van der Waals surface area contributed by atoms with Crippen LogP contribution in [-0.2, 0) is 34.8 Å². The van der Waals surface area contributed by atoms with Crippen molar-refractivity contribution in [2.45, 2.75) is 44.7 Å². The van der Waals surface area contributed by atoms with Gasteiger partial charge < -0.3 is 9.30 Å². The second-order valence-electron chi connectivity index (χ2n) is 7.00. The number of imidazole rings is 1. The number of sulfone groups is 1. The Hall–Kier alpha value is -3.21. The van der Waals surface area contributed by atoms with Crippen LogP contribution in [0.3, 0.4) is 0 Å². The number of carbonyl (C=O) groups is 1. The van der Waals surface area contributed by atoms with Crippen molar-refractivity contribution in [2.24, 2.45) is 7.05 Å². The van der Waals surface area contributed by atoms with Crippen molar-refractivity contribution in [3.05, 3.63) is 56.5 Å². The number of aromatic amines is 1. The zero-order valence-electron chi connectivity index (χ0n) is 17.5. The van der Waals surface area contributed by atoms with Crippen LogP contribution in [0.15, 0.2) is 38.8 Å². The molecule has 2 heterocycles. The van der Waals surface area contributed by atoms with Gasteiger partial charge in [-0.15, -0.1) is 0 Å². The molecule has 2 aromatic heterocycles. The molecule has 0 aliphatic rings. The number of esters is 1. The Bertz CT molecular complexity index is 1350. The third-order valence-corrected chi connectivity index (χ3v) is 6.78. The van der Waals surface area contributed by atoms with Crippen LogP contribution in [0.2, 0.25) is 0 Å². The first-order valence-electron chi connectivity index (χ1n) is 9.88. The molecule has 0 saturated heterocycles. The van der Waals surface area contributed by atoms with Crippen LogP contribution >= 0.6 is 0 Å². The van der Waals surface area contributed by atoms with Gasteiger partial charge in [0.15, 0.2) is 21.0 Å². The van der Waals surface area contributed by atoms with E-state index in [1.807, 2.05) is 6.92 Å². The summed E-state index contributed by atoms with van der Waals surface area (Å²) >= 11 is 0. The van der Waals surface area contributed by atoms with E-state index in [4.69, 9.17) is 4.74 Å². The van der Waals surface area contributed by atoms with Gasteiger partial charge in [-0.3, -0.25) is 14.3 Å². The first kappa shape index (κ1) is 22.5. The normalized spacial score (nSPS) is 11.7. The number of rotatable bonds is 8. The van der Waals surface area contributed by atoms with Gasteiger partial charge >= 0.3 is 11.7 Å². The van der Waals surface area contributed by atoms with Crippen LogP contribution in [0.5, 0.6) is 0 Å². The molecule has 3 rings (SSSR count). The average Bonchev–Trinajstić information content (AvgIpc) is 3.08. The summed E-state index contributed by atoms with van der Waals surface area (Å²) in [5, 5.41) is 0. The van der Waals surface area contributed by atoms with Crippen LogP contribution in [0.25, 0.3) is 11.2 Å². The molecule has 0 saturated carbocycles. The van der Waals surface area contributed by atoms with E-state index in [9.17, 15) is 22.8 Å². The molecule has 0 unspecified atom stereocenters. The molecule has 31 heavy (non-hydrogen) atoms. The first-order chi connectivity index (χ1) is 14.7. The van der Waals surface area contributed by atoms with Gasteiger partial charge in [0.2, 0.25) is 0 Å². The standard InChI is InChI=1S/C20H24N4O6S/c1-4-6-11-24-17-16(18(25)22-20(24)27)23(3)15(21-17)12-30-19(26)13-9-7-8-10-14(13)31(28,29)5-2/h7-10H,4-6,11-12H2,1-3H3,(H,22,25,27). The van der Waals surface area contributed by atoms with Crippen molar-refractivity contribution in [1.29, 1.82) is 0 Å². The molecule has 0 aliphatic carbocycles. The summed E-state index contributed by atoms with van der Waals surface area (Å²) < 4.78 is 32.7. The van der Waals surface area contributed by atoms with E-state index < -0.39 is 27.1 Å². The fourth-order valence-corrected chi connectivity index (χ4v) is 4.30. The van der Waals surface area contributed by atoms with Crippen molar-refractivity contribution in [3.63, 3.8) is 0 Å². The highest BCUT2D eigenvalue weighted by atomic mass is 32.2. The van der Waals surface area contributed by atoms with Gasteiger partial charge in [0.1, 0.15) is 12.4 Å². The second-order valence-corrected chi connectivity index (χ2v) is 9.25. The van der Waals surface area contributed by atoms with Gasteiger partial charge in [-0.05, 0) is 18.6 Å². The Morgan fingerprint density at radius 1 is 1.19 bits per heavy atom. The summed E-state index contributed by atoms with van der Waals surface area (Å²) in [6, 6.07) is 5.82. The van der Waals surface area contributed by atoms with Gasteiger partial charge in [-0.1, -0.05) is 32.4 Å². The lowest BCUT2D eigenvalue weighted by Gasteiger charge is -2.09. The topological polar surface area (TPSA) is 133 Å². The zero-order chi connectivity index (χ0) is 22.8. The average molecular weight is 449 g/mol. The number of aromatic nitrogens is 4. The largest absolute Gasteiger partial charge is 0.454 e. The zero-order valence-corrected chi connectivity index (χ0v) is 18.4. The highest BCUT2D eigenvalue weighted by molar-refractivity contribution is 7.91. The predicted octanol–water partition coefficient (Wildman–Crippen LogP) is 1.37. The third kappa shape index (κ3) is 4.31. The van der Waals surface area contributed by atoms with Crippen LogP contribution in [0.1, 0.15) is 42.9 Å². The first-order valence-corrected chi connectivity index (χ1v) is 11.5. The van der Waals surface area contributed by atoms with Crippen LogP contribution in [-0.4, -0.2) is 39.2 Å². The van der Waals surface area contributed by atoms with Crippen LogP contribution in [0.4, 0.5) is 0 Å². The summed E-state index contributed by atoms with van der Waals surface area (Å²) in [6.07, 6.45) is 1.58. The Morgan fingerprint density at radius 2 is 1.90 bits per heavy atom. The number of fused-ring (bicyclic) bond motifs is 1. The molecule has 11 heteroatoms.